The normalized spacial score (nSPS) is 12.0. The summed E-state index contributed by atoms with van der Waals surface area (Å²) in [5.74, 6) is 0.975. The molecule has 0 radical (unpaired) electrons. The van der Waals surface area contributed by atoms with E-state index in [1.807, 2.05) is 0 Å². The predicted molar refractivity (Wildman–Crippen MR) is 104 cm³/mol. The first-order valence-corrected chi connectivity index (χ1v) is 9.63. The second-order valence-electron chi connectivity index (χ2n) is 8.06. The van der Waals surface area contributed by atoms with Gasteiger partial charge in [-0.15, -0.1) is 0 Å². The zero-order chi connectivity index (χ0) is 18.0. The van der Waals surface area contributed by atoms with Crippen molar-refractivity contribution in [1.82, 2.24) is 0 Å². The van der Waals surface area contributed by atoms with Crippen LogP contribution in [-0.2, 0) is 16.6 Å². The molecule has 138 valence electrons. The Morgan fingerprint density at radius 3 is 2.12 bits per heavy atom. The van der Waals surface area contributed by atoms with Gasteiger partial charge in [-0.05, 0) is 61.8 Å². The molecule has 0 unspecified atom stereocenters. The minimum absolute atomic E-state index is 0.192. The van der Waals surface area contributed by atoms with Gasteiger partial charge >= 0.3 is 0 Å². The van der Waals surface area contributed by atoms with E-state index in [0.29, 0.717) is 6.10 Å². The van der Waals surface area contributed by atoms with E-state index < -0.39 is 0 Å². The molecule has 1 aromatic rings. The van der Waals surface area contributed by atoms with Crippen molar-refractivity contribution in [3.8, 4) is 5.75 Å². The Balaban J connectivity index is 2.31. The number of benzene rings is 1. The van der Waals surface area contributed by atoms with Gasteiger partial charge < -0.3 is 9.47 Å². The molecule has 0 saturated heterocycles. The summed E-state index contributed by atoms with van der Waals surface area (Å²) in [5.41, 5.74) is 3.10. The standard InChI is InChI=1S/C22H38O2/c1-18(2)24-16-12-10-8-7-9-11-13-19-17-20(23-6)14-15-21(19)22(3,4)5/h14-15,17-18H,7-13,16H2,1-6H3. The molecule has 0 bridgehead atoms. The van der Waals surface area contributed by atoms with Crippen LogP contribution in [0, 0.1) is 0 Å². The van der Waals surface area contributed by atoms with Gasteiger partial charge in [0, 0.05) is 6.61 Å². The van der Waals surface area contributed by atoms with Gasteiger partial charge in [0.05, 0.1) is 13.2 Å². The number of hydrogen-bond donors (Lipinski definition) is 0. The van der Waals surface area contributed by atoms with Crippen molar-refractivity contribution < 1.29 is 9.47 Å². The van der Waals surface area contributed by atoms with Crippen LogP contribution in [0.25, 0.3) is 0 Å². The van der Waals surface area contributed by atoms with Crippen LogP contribution in [-0.4, -0.2) is 19.8 Å². The van der Waals surface area contributed by atoms with Gasteiger partial charge in [0.2, 0.25) is 0 Å². The van der Waals surface area contributed by atoms with Crippen LogP contribution in [0.1, 0.15) is 84.3 Å². The largest absolute Gasteiger partial charge is 0.497 e. The summed E-state index contributed by atoms with van der Waals surface area (Å²) in [6.07, 6.45) is 9.24. The van der Waals surface area contributed by atoms with E-state index in [1.54, 1.807) is 7.11 Å². The first-order valence-electron chi connectivity index (χ1n) is 9.63. The van der Waals surface area contributed by atoms with E-state index in [2.05, 4.69) is 52.8 Å². The third kappa shape index (κ3) is 8.19. The molecule has 0 aliphatic rings. The molecule has 0 N–H and O–H groups in total. The number of rotatable bonds is 11. The number of hydrogen-bond acceptors (Lipinski definition) is 2. The fraction of sp³-hybridized carbons (Fsp3) is 0.727. The lowest BCUT2D eigenvalue weighted by atomic mass is 9.82. The van der Waals surface area contributed by atoms with Crippen molar-refractivity contribution >= 4 is 0 Å². The van der Waals surface area contributed by atoms with Gasteiger partial charge in [-0.2, -0.15) is 0 Å². The van der Waals surface area contributed by atoms with Crippen molar-refractivity contribution in [2.75, 3.05) is 13.7 Å². The molecule has 0 spiro atoms. The van der Waals surface area contributed by atoms with Crippen LogP contribution >= 0.6 is 0 Å². The van der Waals surface area contributed by atoms with Crippen LogP contribution in [0.15, 0.2) is 18.2 Å². The number of unbranched alkanes of at least 4 members (excludes halogenated alkanes) is 5. The third-order valence-corrected chi connectivity index (χ3v) is 4.41. The summed E-state index contributed by atoms with van der Waals surface area (Å²) in [6.45, 7) is 12.0. The highest BCUT2D eigenvalue weighted by Crippen LogP contribution is 2.30. The van der Waals surface area contributed by atoms with E-state index in [4.69, 9.17) is 9.47 Å². The average Bonchev–Trinajstić information content (AvgIpc) is 2.51. The molecule has 0 aliphatic heterocycles. The third-order valence-electron chi connectivity index (χ3n) is 4.41. The zero-order valence-electron chi connectivity index (χ0n) is 16.8. The van der Waals surface area contributed by atoms with E-state index >= 15 is 0 Å². The van der Waals surface area contributed by atoms with Crippen molar-refractivity contribution in [1.29, 1.82) is 0 Å². The number of ether oxygens (including phenoxy) is 2. The Labute approximate surface area is 149 Å². The summed E-state index contributed by atoms with van der Waals surface area (Å²) in [6, 6.07) is 6.55. The quantitative estimate of drug-likeness (QED) is 0.442. The molecule has 0 amide bonds. The summed E-state index contributed by atoms with van der Waals surface area (Å²) >= 11 is 0. The molecule has 0 aliphatic carbocycles. The Kier molecular flexibility index (Phi) is 9.43. The molecule has 1 rings (SSSR count). The molecule has 2 heteroatoms. The van der Waals surface area contributed by atoms with Gasteiger partial charge in [-0.1, -0.05) is 52.5 Å². The van der Waals surface area contributed by atoms with Gasteiger partial charge in [0.25, 0.3) is 0 Å². The van der Waals surface area contributed by atoms with Gasteiger partial charge in [0.15, 0.2) is 0 Å². The Bertz CT molecular complexity index is 458. The van der Waals surface area contributed by atoms with Gasteiger partial charge in [0.1, 0.15) is 5.75 Å². The van der Waals surface area contributed by atoms with Gasteiger partial charge in [-0.3, -0.25) is 0 Å². The van der Waals surface area contributed by atoms with Gasteiger partial charge in [-0.25, -0.2) is 0 Å². The highest BCUT2D eigenvalue weighted by molar-refractivity contribution is 5.39. The van der Waals surface area contributed by atoms with Crippen molar-refractivity contribution in [2.45, 2.75) is 91.1 Å². The molecule has 24 heavy (non-hydrogen) atoms. The molecule has 1 aromatic carbocycles. The minimum Gasteiger partial charge on any atom is -0.497 e. The van der Waals surface area contributed by atoms with E-state index in [1.165, 1.54) is 49.7 Å². The maximum atomic E-state index is 5.58. The molecule has 2 nitrogen and oxygen atoms in total. The highest BCUT2D eigenvalue weighted by Gasteiger charge is 2.18. The van der Waals surface area contributed by atoms with E-state index in [0.717, 1.165) is 18.8 Å². The fourth-order valence-corrected chi connectivity index (χ4v) is 3.08. The summed E-state index contributed by atoms with van der Waals surface area (Å²) in [4.78, 5) is 0. The molecule has 0 fully saturated rings. The SMILES string of the molecule is COc1ccc(C(C)(C)C)c(CCCCCCCCOC(C)C)c1. The van der Waals surface area contributed by atoms with Crippen molar-refractivity contribution in [3.05, 3.63) is 29.3 Å². The molecule has 0 atom stereocenters. The van der Waals surface area contributed by atoms with E-state index in [-0.39, 0.29) is 5.41 Å². The Morgan fingerprint density at radius 2 is 1.54 bits per heavy atom. The molecule has 0 aromatic heterocycles. The molecule has 0 heterocycles. The second-order valence-corrected chi connectivity index (χ2v) is 8.06. The van der Waals surface area contributed by atoms with Crippen LogP contribution in [0.3, 0.4) is 0 Å². The highest BCUT2D eigenvalue weighted by atomic mass is 16.5. The van der Waals surface area contributed by atoms with Crippen LogP contribution in [0.2, 0.25) is 0 Å². The number of aryl methyl sites for hydroxylation is 1. The predicted octanol–water partition coefficient (Wildman–Crippen LogP) is 6.30. The minimum atomic E-state index is 0.192. The van der Waals surface area contributed by atoms with Crippen LogP contribution in [0.5, 0.6) is 5.75 Å². The molecular formula is C22H38O2. The second kappa shape index (κ2) is 10.8. The smallest absolute Gasteiger partial charge is 0.119 e. The Morgan fingerprint density at radius 1 is 0.917 bits per heavy atom. The monoisotopic (exact) mass is 334 g/mol. The maximum Gasteiger partial charge on any atom is 0.119 e. The maximum absolute atomic E-state index is 5.58. The first kappa shape index (κ1) is 21.0. The zero-order valence-corrected chi connectivity index (χ0v) is 16.8. The lowest BCUT2D eigenvalue weighted by molar-refractivity contribution is 0.0757. The average molecular weight is 335 g/mol. The van der Waals surface area contributed by atoms with Crippen molar-refractivity contribution in [3.63, 3.8) is 0 Å². The Hall–Kier alpha value is -1.02. The first-order chi connectivity index (χ1) is 11.3. The van der Waals surface area contributed by atoms with E-state index in [9.17, 15) is 0 Å². The van der Waals surface area contributed by atoms with Crippen LogP contribution < -0.4 is 4.74 Å². The fourth-order valence-electron chi connectivity index (χ4n) is 3.08. The summed E-state index contributed by atoms with van der Waals surface area (Å²) < 4.78 is 11.0. The molecular weight excluding hydrogens is 296 g/mol. The van der Waals surface area contributed by atoms with Crippen LogP contribution in [0.4, 0.5) is 0 Å². The summed E-state index contributed by atoms with van der Waals surface area (Å²) in [5, 5.41) is 0. The molecule has 0 saturated carbocycles. The van der Waals surface area contributed by atoms with Crippen molar-refractivity contribution in [2.24, 2.45) is 0 Å². The number of methoxy groups -OCH3 is 1. The topological polar surface area (TPSA) is 18.5 Å². The summed E-state index contributed by atoms with van der Waals surface area (Å²) in [7, 11) is 1.75. The lowest BCUT2D eigenvalue weighted by Gasteiger charge is -2.23. The lowest BCUT2D eigenvalue weighted by Crippen LogP contribution is -2.14.